The summed E-state index contributed by atoms with van der Waals surface area (Å²) in [7, 11) is 0. The molecular formula is C17H17F3N4O4. The van der Waals surface area contributed by atoms with Crippen LogP contribution in [0.4, 0.5) is 13.2 Å². The van der Waals surface area contributed by atoms with Crippen molar-refractivity contribution >= 4 is 17.8 Å². The van der Waals surface area contributed by atoms with Crippen molar-refractivity contribution in [1.29, 1.82) is 0 Å². The van der Waals surface area contributed by atoms with Gasteiger partial charge in [-0.1, -0.05) is 13.8 Å². The van der Waals surface area contributed by atoms with Gasteiger partial charge in [0.2, 0.25) is 5.91 Å². The largest absolute Gasteiger partial charge is 0.478 e. The minimum atomic E-state index is -4.95. The zero-order chi connectivity index (χ0) is 21.2. The summed E-state index contributed by atoms with van der Waals surface area (Å²) in [6, 6.07) is 3.90. The molecule has 0 saturated heterocycles. The van der Waals surface area contributed by atoms with E-state index >= 15 is 0 Å². The number of primary amides is 1. The van der Waals surface area contributed by atoms with Crippen LogP contribution >= 0.6 is 0 Å². The number of rotatable bonds is 6. The SMILES string of the molecule is CC(C)C(NC(=O)c1ccc(-n2ncc(C(=O)O)c2C(F)(F)F)cc1)C(N)=O. The minimum Gasteiger partial charge on any atom is -0.478 e. The average Bonchev–Trinajstić information content (AvgIpc) is 3.04. The molecule has 1 heterocycles. The molecule has 2 aromatic rings. The van der Waals surface area contributed by atoms with Gasteiger partial charge in [-0.15, -0.1) is 0 Å². The van der Waals surface area contributed by atoms with Gasteiger partial charge in [0.05, 0.1) is 11.9 Å². The molecule has 1 aromatic carbocycles. The third kappa shape index (κ3) is 4.30. The number of nitrogens with zero attached hydrogens (tertiary/aromatic N) is 2. The van der Waals surface area contributed by atoms with Gasteiger partial charge in [-0.3, -0.25) is 9.59 Å². The second kappa shape index (κ2) is 7.71. The molecule has 2 amide bonds. The molecule has 0 aliphatic heterocycles. The van der Waals surface area contributed by atoms with Crippen LogP contribution in [0.15, 0.2) is 30.5 Å². The Labute approximate surface area is 157 Å². The van der Waals surface area contributed by atoms with E-state index in [0.29, 0.717) is 10.9 Å². The lowest BCUT2D eigenvalue weighted by atomic mass is 10.0. The summed E-state index contributed by atoms with van der Waals surface area (Å²) in [4.78, 5) is 34.6. The number of carbonyl (C=O) groups excluding carboxylic acids is 2. The Bertz CT molecular complexity index is 904. The summed E-state index contributed by atoms with van der Waals surface area (Å²) in [5, 5.41) is 14.9. The number of halogens is 3. The van der Waals surface area contributed by atoms with Gasteiger partial charge in [-0.2, -0.15) is 18.3 Å². The number of carboxylic acid groups (broad SMARTS) is 1. The maximum absolute atomic E-state index is 13.3. The van der Waals surface area contributed by atoms with Crippen molar-refractivity contribution in [1.82, 2.24) is 15.1 Å². The van der Waals surface area contributed by atoms with Crippen LogP contribution in [-0.4, -0.2) is 38.7 Å². The van der Waals surface area contributed by atoms with E-state index < -0.39 is 41.3 Å². The highest BCUT2D eigenvalue weighted by Crippen LogP contribution is 2.33. The first kappa shape index (κ1) is 20.9. The van der Waals surface area contributed by atoms with E-state index in [0.717, 1.165) is 0 Å². The molecule has 4 N–H and O–H groups in total. The number of alkyl halides is 3. The average molecular weight is 398 g/mol. The van der Waals surface area contributed by atoms with Crippen LogP contribution < -0.4 is 11.1 Å². The van der Waals surface area contributed by atoms with Crippen LogP contribution in [-0.2, 0) is 11.0 Å². The summed E-state index contributed by atoms with van der Waals surface area (Å²) in [5.41, 5.74) is 2.79. The topological polar surface area (TPSA) is 127 Å². The van der Waals surface area contributed by atoms with Gasteiger partial charge in [0.1, 0.15) is 11.6 Å². The zero-order valence-electron chi connectivity index (χ0n) is 14.8. The van der Waals surface area contributed by atoms with Crippen molar-refractivity contribution in [2.45, 2.75) is 26.1 Å². The molecule has 2 rings (SSSR count). The number of amides is 2. The second-order valence-corrected chi connectivity index (χ2v) is 6.27. The van der Waals surface area contributed by atoms with Crippen molar-refractivity contribution in [3.8, 4) is 5.69 Å². The van der Waals surface area contributed by atoms with Gasteiger partial charge in [0.15, 0.2) is 5.69 Å². The first-order valence-corrected chi connectivity index (χ1v) is 8.02. The molecule has 1 atom stereocenters. The fraction of sp³-hybridized carbons (Fsp3) is 0.294. The Balaban J connectivity index is 2.34. The van der Waals surface area contributed by atoms with Gasteiger partial charge in [0.25, 0.3) is 5.91 Å². The molecule has 0 saturated carbocycles. The molecule has 1 unspecified atom stereocenters. The Kier molecular flexibility index (Phi) is 5.76. The van der Waals surface area contributed by atoms with Crippen molar-refractivity contribution < 1.29 is 32.7 Å². The lowest BCUT2D eigenvalue weighted by Crippen LogP contribution is -2.47. The smallest absolute Gasteiger partial charge is 0.434 e. The number of aromatic carboxylic acids is 1. The number of nitrogens with one attached hydrogen (secondary N) is 1. The second-order valence-electron chi connectivity index (χ2n) is 6.27. The molecule has 8 nitrogen and oxygen atoms in total. The van der Waals surface area contributed by atoms with Crippen LogP contribution in [0.5, 0.6) is 0 Å². The van der Waals surface area contributed by atoms with Gasteiger partial charge < -0.3 is 16.2 Å². The Morgan fingerprint density at radius 3 is 2.18 bits per heavy atom. The Morgan fingerprint density at radius 1 is 1.18 bits per heavy atom. The van der Waals surface area contributed by atoms with Crippen LogP contribution in [0.1, 0.15) is 40.3 Å². The maximum Gasteiger partial charge on any atom is 0.434 e. The predicted molar refractivity (Wildman–Crippen MR) is 90.8 cm³/mol. The van der Waals surface area contributed by atoms with Crippen LogP contribution in [0.25, 0.3) is 5.69 Å². The summed E-state index contributed by atoms with van der Waals surface area (Å²) >= 11 is 0. The molecule has 0 fully saturated rings. The summed E-state index contributed by atoms with van der Waals surface area (Å²) in [5.74, 6) is -3.37. The Morgan fingerprint density at radius 2 is 1.75 bits per heavy atom. The minimum absolute atomic E-state index is 0.0785. The van der Waals surface area contributed by atoms with Gasteiger partial charge in [0, 0.05) is 5.56 Å². The van der Waals surface area contributed by atoms with Crippen molar-refractivity contribution in [2.24, 2.45) is 11.7 Å². The third-order valence-electron chi connectivity index (χ3n) is 3.90. The molecule has 0 bridgehead atoms. The molecule has 0 aliphatic rings. The standard InChI is InChI=1S/C17H17F3N4O4/c1-8(2)12(14(21)25)23-15(26)9-3-5-10(6-4-9)24-13(17(18,19)20)11(7-22-24)16(27)28/h3-8,12H,1-2H3,(H2,21,25)(H,23,26)(H,27,28). The summed E-state index contributed by atoms with van der Waals surface area (Å²) in [6.07, 6.45) is -4.35. The lowest BCUT2D eigenvalue weighted by Gasteiger charge is -2.19. The lowest BCUT2D eigenvalue weighted by molar-refractivity contribution is -0.143. The van der Waals surface area contributed by atoms with Crippen LogP contribution in [0, 0.1) is 5.92 Å². The highest BCUT2D eigenvalue weighted by molar-refractivity contribution is 5.97. The van der Waals surface area contributed by atoms with E-state index in [-0.39, 0.29) is 17.2 Å². The predicted octanol–water partition coefficient (Wildman–Crippen LogP) is 1.83. The quantitative estimate of drug-likeness (QED) is 0.684. The number of nitrogens with two attached hydrogens (primary N) is 1. The fourth-order valence-electron chi connectivity index (χ4n) is 2.52. The molecule has 0 aliphatic carbocycles. The van der Waals surface area contributed by atoms with Gasteiger partial charge >= 0.3 is 12.1 Å². The first-order valence-electron chi connectivity index (χ1n) is 8.02. The van der Waals surface area contributed by atoms with Crippen LogP contribution in [0.2, 0.25) is 0 Å². The monoisotopic (exact) mass is 398 g/mol. The van der Waals surface area contributed by atoms with Crippen LogP contribution in [0.3, 0.4) is 0 Å². The molecular weight excluding hydrogens is 381 g/mol. The Hall–Kier alpha value is -3.37. The summed E-state index contributed by atoms with van der Waals surface area (Å²) < 4.78 is 40.2. The molecule has 28 heavy (non-hydrogen) atoms. The highest BCUT2D eigenvalue weighted by atomic mass is 19.4. The van der Waals surface area contributed by atoms with Crippen molar-refractivity contribution in [3.63, 3.8) is 0 Å². The zero-order valence-corrected chi connectivity index (χ0v) is 14.8. The van der Waals surface area contributed by atoms with Gasteiger partial charge in [-0.25, -0.2) is 9.48 Å². The van der Waals surface area contributed by atoms with Crippen molar-refractivity contribution in [3.05, 3.63) is 47.3 Å². The molecule has 1 aromatic heterocycles. The van der Waals surface area contributed by atoms with E-state index in [1.54, 1.807) is 13.8 Å². The first-order chi connectivity index (χ1) is 12.9. The third-order valence-corrected chi connectivity index (χ3v) is 3.90. The number of hydrogen-bond donors (Lipinski definition) is 3. The number of hydrogen-bond acceptors (Lipinski definition) is 4. The van der Waals surface area contributed by atoms with Gasteiger partial charge in [-0.05, 0) is 30.2 Å². The normalized spacial score (nSPS) is 12.6. The number of benzene rings is 1. The fourth-order valence-corrected chi connectivity index (χ4v) is 2.52. The van der Waals surface area contributed by atoms with E-state index in [1.807, 2.05) is 0 Å². The van der Waals surface area contributed by atoms with E-state index in [1.165, 1.54) is 24.3 Å². The summed E-state index contributed by atoms with van der Waals surface area (Å²) in [6.45, 7) is 3.38. The highest BCUT2D eigenvalue weighted by Gasteiger charge is 2.40. The molecule has 0 radical (unpaired) electrons. The molecule has 0 spiro atoms. The van der Waals surface area contributed by atoms with Crippen molar-refractivity contribution in [2.75, 3.05) is 0 Å². The maximum atomic E-state index is 13.3. The van der Waals surface area contributed by atoms with E-state index in [2.05, 4.69) is 10.4 Å². The number of carbonyl (C=O) groups is 3. The van der Waals surface area contributed by atoms with E-state index in [4.69, 9.17) is 10.8 Å². The number of carboxylic acids is 1. The van der Waals surface area contributed by atoms with E-state index in [9.17, 15) is 27.6 Å². The molecule has 11 heteroatoms. The number of aromatic nitrogens is 2. The molecule has 150 valence electrons.